The number of benzene rings is 1. The summed E-state index contributed by atoms with van der Waals surface area (Å²) >= 11 is 0. The van der Waals surface area contributed by atoms with Crippen LogP contribution < -0.4 is 11.1 Å². The van der Waals surface area contributed by atoms with Gasteiger partial charge >= 0.3 is 0 Å². The van der Waals surface area contributed by atoms with E-state index in [9.17, 15) is 28.2 Å². The summed E-state index contributed by atoms with van der Waals surface area (Å²) < 4.78 is 49.0. The Balaban J connectivity index is 1.66. The Morgan fingerprint density at radius 2 is 1.94 bits per heavy atom. The molecule has 0 saturated carbocycles. The van der Waals surface area contributed by atoms with E-state index in [0.717, 1.165) is 24.3 Å². The standard InChI is InChI=1S/C25H25F3N4O4/c1-3-25(35)12(2)36-19(10-20(25)33)13-7-8-30-11-18(13)31-24(34)23-17(29)9-16(28)22(32-23)21-14(26)5-4-6-15(21)27/h4-9,11-12,19-20,33,35H,3,10,29H2,1-2H3,(H,31,34)/t12-,19-,20-,25-/m1/s1. The van der Waals surface area contributed by atoms with E-state index in [1.54, 1.807) is 19.9 Å². The van der Waals surface area contributed by atoms with E-state index in [0.29, 0.717) is 5.56 Å². The number of aromatic nitrogens is 2. The number of nitrogens with two attached hydrogens (primary N) is 1. The van der Waals surface area contributed by atoms with Crippen LogP contribution in [0.25, 0.3) is 11.3 Å². The molecule has 1 aliphatic rings. The van der Waals surface area contributed by atoms with Crippen LogP contribution in [0.4, 0.5) is 24.5 Å². The summed E-state index contributed by atoms with van der Waals surface area (Å²) in [5.74, 6) is -4.09. The van der Waals surface area contributed by atoms with Gasteiger partial charge in [-0.1, -0.05) is 13.0 Å². The van der Waals surface area contributed by atoms with Crippen molar-refractivity contribution in [2.75, 3.05) is 11.1 Å². The van der Waals surface area contributed by atoms with Gasteiger partial charge in [0.1, 0.15) is 22.9 Å². The first-order valence-electron chi connectivity index (χ1n) is 11.3. The number of hydrogen-bond donors (Lipinski definition) is 4. The lowest BCUT2D eigenvalue weighted by Gasteiger charge is -2.45. The number of nitrogens with one attached hydrogen (secondary N) is 1. The highest BCUT2D eigenvalue weighted by Crippen LogP contribution is 2.40. The van der Waals surface area contributed by atoms with Crippen LogP contribution in [0.5, 0.6) is 0 Å². The lowest BCUT2D eigenvalue weighted by atomic mass is 9.81. The van der Waals surface area contributed by atoms with Crippen LogP contribution in [0.15, 0.2) is 42.7 Å². The van der Waals surface area contributed by atoms with Crippen LogP contribution in [0.1, 0.15) is 48.8 Å². The third-order valence-corrected chi connectivity index (χ3v) is 6.52. The SMILES string of the molecule is CC[C@]1(O)[C@H](O)C[C@H](c2ccncc2NC(=O)c2nc(-c3c(F)cccc3F)c(F)cc2N)O[C@@H]1C. The quantitative estimate of drug-likeness (QED) is 0.418. The number of nitrogens with zero attached hydrogens (tertiary/aromatic N) is 2. The Hall–Kier alpha value is -3.54. The minimum Gasteiger partial charge on any atom is -0.397 e. The first kappa shape index (κ1) is 25.5. The van der Waals surface area contributed by atoms with E-state index >= 15 is 0 Å². The van der Waals surface area contributed by atoms with Gasteiger partial charge in [0.05, 0.1) is 41.4 Å². The van der Waals surface area contributed by atoms with E-state index in [-0.39, 0.29) is 24.2 Å². The van der Waals surface area contributed by atoms with E-state index in [2.05, 4.69) is 15.3 Å². The largest absolute Gasteiger partial charge is 0.397 e. The molecule has 5 N–H and O–H groups in total. The minimum atomic E-state index is -1.42. The molecule has 3 aromatic rings. The highest BCUT2D eigenvalue weighted by molar-refractivity contribution is 6.06. The van der Waals surface area contributed by atoms with E-state index in [1.807, 2.05) is 0 Å². The maximum atomic E-state index is 14.6. The van der Waals surface area contributed by atoms with E-state index in [1.165, 1.54) is 12.4 Å². The molecule has 0 bridgehead atoms. The summed E-state index contributed by atoms with van der Waals surface area (Å²) in [5, 5.41) is 23.8. The Morgan fingerprint density at radius 1 is 1.25 bits per heavy atom. The zero-order valence-corrected chi connectivity index (χ0v) is 19.5. The molecule has 0 radical (unpaired) electrons. The summed E-state index contributed by atoms with van der Waals surface area (Å²) in [5.41, 5.74) is 2.81. The van der Waals surface area contributed by atoms with Crippen molar-refractivity contribution >= 4 is 17.3 Å². The molecule has 4 rings (SSSR count). The van der Waals surface area contributed by atoms with Gasteiger partial charge in [0, 0.05) is 24.2 Å². The van der Waals surface area contributed by atoms with Gasteiger partial charge in [-0.3, -0.25) is 9.78 Å². The molecule has 0 spiro atoms. The van der Waals surface area contributed by atoms with Crippen molar-refractivity contribution in [1.29, 1.82) is 0 Å². The fourth-order valence-corrected chi connectivity index (χ4v) is 4.38. The number of halogens is 3. The van der Waals surface area contributed by atoms with Crippen molar-refractivity contribution in [1.82, 2.24) is 9.97 Å². The molecule has 2 aromatic heterocycles. The number of pyridine rings is 2. The first-order chi connectivity index (χ1) is 17.1. The first-order valence-corrected chi connectivity index (χ1v) is 11.3. The number of aliphatic hydroxyl groups is 2. The molecular weight excluding hydrogens is 477 g/mol. The van der Waals surface area contributed by atoms with Gasteiger partial charge in [-0.25, -0.2) is 18.2 Å². The Morgan fingerprint density at radius 3 is 2.58 bits per heavy atom. The summed E-state index contributed by atoms with van der Waals surface area (Å²) in [4.78, 5) is 20.9. The minimum absolute atomic E-state index is 0.0508. The van der Waals surface area contributed by atoms with Gasteiger partial charge in [0.15, 0.2) is 11.5 Å². The number of nitrogen functional groups attached to an aromatic ring is 1. The molecule has 0 unspecified atom stereocenters. The zero-order chi connectivity index (χ0) is 26.2. The molecule has 0 aliphatic carbocycles. The summed E-state index contributed by atoms with van der Waals surface area (Å²) in [6.45, 7) is 3.38. The number of hydrogen-bond acceptors (Lipinski definition) is 7. The summed E-state index contributed by atoms with van der Waals surface area (Å²) in [6, 6.07) is 5.35. The van der Waals surface area contributed by atoms with Gasteiger partial charge in [-0.15, -0.1) is 0 Å². The maximum absolute atomic E-state index is 14.6. The molecule has 1 amide bonds. The van der Waals surface area contributed by atoms with Crippen molar-refractivity contribution in [3.63, 3.8) is 0 Å². The van der Waals surface area contributed by atoms with Gasteiger partial charge < -0.3 is 26.0 Å². The van der Waals surface area contributed by atoms with Crippen LogP contribution in [0.2, 0.25) is 0 Å². The normalized spacial score (nSPS) is 23.9. The molecule has 1 aliphatic heterocycles. The maximum Gasteiger partial charge on any atom is 0.276 e. The molecule has 11 heteroatoms. The van der Waals surface area contributed by atoms with Crippen molar-refractivity contribution in [2.45, 2.75) is 50.6 Å². The van der Waals surface area contributed by atoms with Gasteiger partial charge in [-0.2, -0.15) is 0 Å². The number of anilines is 2. The smallest absolute Gasteiger partial charge is 0.276 e. The summed E-state index contributed by atoms with van der Waals surface area (Å²) in [7, 11) is 0. The average molecular weight is 502 g/mol. The molecule has 4 atom stereocenters. The fraction of sp³-hybridized carbons (Fsp3) is 0.320. The fourth-order valence-electron chi connectivity index (χ4n) is 4.38. The second-order valence-electron chi connectivity index (χ2n) is 8.63. The van der Waals surface area contributed by atoms with Crippen LogP contribution in [0, 0.1) is 17.5 Å². The van der Waals surface area contributed by atoms with Gasteiger partial charge in [0.2, 0.25) is 0 Å². The molecule has 1 fully saturated rings. The number of ether oxygens (including phenoxy) is 1. The van der Waals surface area contributed by atoms with Crippen LogP contribution in [0.3, 0.4) is 0 Å². The van der Waals surface area contributed by atoms with E-state index < -0.39 is 64.2 Å². The topological polar surface area (TPSA) is 131 Å². The number of amides is 1. The molecule has 1 saturated heterocycles. The van der Waals surface area contributed by atoms with Crippen molar-refractivity contribution in [3.05, 3.63) is 71.4 Å². The second-order valence-corrected chi connectivity index (χ2v) is 8.63. The van der Waals surface area contributed by atoms with Crippen molar-refractivity contribution < 1.29 is 32.9 Å². The number of carbonyl (C=O) groups is 1. The molecule has 3 heterocycles. The van der Waals surface area contributed by atoms with Crippen molar-refractivity contribution in [2.24, 2.45) is 0 Å². The monoisotopic (exact) mass is 502 g/mol. The lowest BCUT2D eigenvalue weighted by Crippen LogP contribution is -2.56. The van der Waals surface area contributed by atoms with Gasteiger partial charge in [0.25, 0.3) is 5.91 Å². The summed E-state index contributed by atoms with van der Waals surface area (Å²) in [6.07, 6.45) is 0.654. The highest BCUT2D eigenvalue weighted by Gasteiger charge is 2.47. The predicted octanol–water partition coefficient (Wildman–Crippen LogP) is 3.75. The highest BCUT2D eigenvalue weighted by atomic mass is 19.1. The second kappa shape index (κ2) is 9.84. The van der Waals surface area contributed by atoms with Crippen LogP contribution in [-0.4, -0.2) is 43.9 Å². The Bertz CT molecular complexity index is 1270. The molecule has 1 aromatic carbocycles. The Labute approximate surface area is 205 Å². The van der Waals surface area contributed by atoms with Crippen LogP contribution >= 0.6 is 0 Å². The predicted molar refractivity (Wildman–Crippen MR) is 125 cm³/mol. The lowest BCUT2D eigenvalue weighted by molar-refractivity contribution is -0.224. The molecule has 8 nitrogen and oxygen atoms in total. The Kier molecular flexibility index (Phi) is 6.98. The van der Waals surface area contributed by atoms with Crippen LogP contribution in [-0.2, 0) is 4.74 Å². The van der Waals surface area contributed by atoms with Crippen molar-refractivity contribution in [3.8, 4) is 11.3 Å². The molecular formula is C25H25F3N4O4. The number of carbonyl (C=O) groups excluding carboxylic acids is 1. The number of rotatable bonds is 5. The molecule has 190 valence electrons. The molecule has 36 heavy (non-hydrogen) atoms. The number of aliphatic hydroxyl groups excluding tert-OH is 1. The van der Waals surface area contributed by atoms with E-state index in [4.69, 9.17) is 10.5 Å². The van der Waals surface area contributed by atoms with Gasteiger partial charge in [-0.05, 0) is 31.5 Å². The third-order valence-electron chi connectivity index (χ3n) is 6.52. The average Bonchev–Trinajstić information content (AvgIpc) is 2.83. The third kappa shape index (κ3) is 4.52. The zero-order valence-electron chi connectivity index (χ0n) is 19.5.